The highest BCUT2D eigenvalue weighted by atomic mass is 16.7. The van der Waals surface area contributed by atoms with E-state index in [9.17, 15) is 19.2 Å². The third-order valence-corrected chi connectivity index (χ3v) is 6.21. The van der Waals surface area contributed by atoms with Gasteiger partial charge in [-0.3, -0.25) is 14.4 Å². The lowest BCUT2D eigenvalue weighted by Crippen LogP contribution is -2.17. The van der Waals surface area contributed by atoms with Gasteiger partial charge in [-0.15, -0.1) is 0 Å². The molecular formula is C31H42N6O5. The molecule has 0 atom stereocenters. The Kier molecular flexibility index (Phi) is 15.0. The van der Waals surface area contributed by atoms with E-state index in [1.165, 1.54) is 0 Å². The topological polar surface area (TPSA) is 178 Å². The maximum absolute atomic E-state index is 12.3. The summed E-state index contributed by atoms with van der Waals surface area (Å²) in [5.74, 6) is -0.937. The minimum Gasteiger partial charge on any atom is -0.383 e. The molecule has 0 saturated heterocycles. The number of carbonyl (C=O) groups excluding carboxylic acids is 4. The fourth-order valence-corrected chi connectivity index (χ4v) is 3.80. The zero-order chi connectivity index (χ0) is 30.7. The fraction of sp³-hybridized carbons (Fsp3) is 0.419. The Hall–Kier alpha value is -4.54. The number of nitrogens with one attached hydrogen (secondary N) is 2. The van der Waals surface area contributed by atoms with E-state index in [1.54, 1.807) is 48.5 Å². The molecule has 42 heavy (non-hydrogen) atoms. The van der Waals surface area contributed by atoms with Crippen molar-refractivity contribution in [1.29, 1.82) is 0 Å². The highest BCUT2D eigenvalue weighted by Crippen LogP contribution is 2.13. The molecule has 3 amide bonds. The van der Waals surface area contributed by atoms with Gasteiger partial charge in [0.05, 0.1) is 0 Å². The van der Waals surface area contributed by atoms with Crippen LogP contribution >= 0.6 is 0 Å². The number of benzene rings is 2. The number of amides is 3. The Balaban J connectivity index is 1.73. The number of aliphatic imine (C=N–C) groups is 1. The normalized spacial score (nSPS) is 11.6. The summed E-state index contributed by atoms with van der Waals surface area (Å²) in [6.45, 7) is 4.11. The van der Waals surface area contributed by atoms with Crippen LogP contribution in [0.25, 0.3) is 0 Å². The number of hydrogen-bond acceptors (Lipinski definition) is 6. The van der Waals surface area contributed by atoms with Gasteiger partial charge in [0, 0.05) is 48.2 Å². The van der Waals surface area contributed by atoms with Crippen molar-refractivity contribution in [3.05, 3.63) is 59.7 Å². The molecule has 0 radical (unpaired) electrons. The first-order chi connectivity index (χ1) is 20.2. The lowest BCUT2D eigenvalue weighted by Gasteiger charge is -2.08. The van der Waals surface area contributed by atoms with E-state index in [4.69, 9.17) is 16.3 Å². The molecule has 0 aromatic heterocycles. The summed E-state index contributed by atoms with van der Waals surface area (Å²) in [5, 5.41) is 9.23. The van der Waals surface area contributed by atoms with E-state index in [0.717, 1.165) is 38.5 Å². The molecule has 11 nitrogen and oxygen atoms in total. The van der Waals surface area contributed by atoms with Gasteiger partial charge in [-0.1, -0.05) is 44.7 Å². The highest BCUT2D eigenvalue weighted by molar-refractivity contribution is 6.04. The van der Waals surface area contributed by atoms with E-state index >= 15 is 0 Å². The van der Waals surface area contributed by atoms with Gasteiger partial charge in [0.1, 0.15) is 5.84 Å². The van der Waals surface area contributed by atoms with Crippen LogP contribution in [0.3, 0.4) is 0 Å². The van der Waals surface area contributed by atoms with Gasteiger partial charge >= 0.3 is 5.97 Å². The smallest absolute Gasteiger partial charge is 0.335 e. The molecule has 0 saturated carbocycles. The zero-order valence-corrected chi connectivity index (χ0v) is 24.5. The predicted molar refractivity (Wildman–Crippen MR) is 165 cm³/mol. The second-order valence-corrected chi connectivity index (χ2v) is 9.85. The van der Waals surface area contributed by atoms with E-state index in [1.807, 2.05) is 6.92 Å². The summed E-state index contributed by atoms with van der Waals surface area (Å²) < 4.78 is 0. The summed E-state index contributed by atoms with van der Waals surface area (Å²) >= 11 is 0. The van der Waals surface area contributed by atoms with Crippen molar-refractivity contribution < 1.29 is 24.0 Å². The van der Waals surface area contributed by atoms with E-state index in [2.05, 4.69) is 27.7 Å². The van der Waals surface area contributed by atoms with Gasteiger partial charge in [0.15, 0.2) is 5.84 Å². The van der Waals surface area contributed by atoms with Crippen molar-refractivity contribution in [2.75, 3.05) is 10.6 Å². The van der Waals surface area contributed by atoms with Crippen LogP contribution in [0.1, 0.15) is 95.6 Å². The molecule has 226 valence electrons. The van der Waals surface area contributed by atoms with Crippen LogP contribution in [0.5, 0.6) is 0 Å². The molecule has 0 aliphatic carbocycles. The molecule has 0 fully saturated rings. The van der Waals surface area contributed by atoms with Crippen LogP contribution in [-0.4, -0.2) is 35.4 Å². The van der Waals surface area contributed by atoms with Crippen LogP contribution in [-0.2, 0) is 24.0 Å². The van der Waals surface area contributed by atoms with Gasteiger partial charge in [-0.2, -0.15) is 4.99 Å². The number of nitrogens with two attached hydrogens (primary N) is 2. The monoisotopic (exact) mass is 578 g/mol. The van der Waals surface area contributed by atoms with Crippen LogP contribution in [0.2, 0.25) is 0 Å². The summed E-state index contributed by atoms with van der Waals surface area (Å²) in [5.41, 5.74) is 14.1. The van der Waals surface area contributed by atoms with Crippen LogP contribution < -0.4 is 22.1 Å². The van der Waals surface area contributed by atoms with Crippen molar-refractivity contribution in [2.24, 2.45) is 21.6 Å². The number of nitrogens with zero attached hydrogens (tertiary/aromatic N) is 2. The molecule has 0 aliphatic rings. The van der Waals surface area contributed by atoms with E-state index in [-0.39, 0.29) is 42.2 Å². The number of unbranched alkanes of at least 4 members (excludes halogenated alkanes) is 4. The van der Waals surface area contributed by atoms with Gasteiger partial charge in [-0.05, 0) is 67.8 Å². The number of anilines is 2. The first kappa shape index (κ1) is 33.7. The Morgan fingerprint density at radius 1 is 0.643 bits per heavy atom. The Labute approximate surface area is 247 Å². The first-order valence-corrected chi connectivity index (χ1v) is 14.4. The molecular weight excluding hydrogens is 536 g/mol. The molecule has 2 aromatic rings. The van der Waals surface area contributed by atoms with Gasteiger partial charge in [0.25, 0.3) is 0 Å². The lowest BCUT2D eigenvalue weighted by atomic mass is 10.1. The SMILES string of the molecule is CCCCCC(=O)N=C(N)c1ccc(NC(=O)CCCC(=O)Nc2ccc(/C(N)=N\OC(=O)CCCCC)cc2)cc1. The average Bonchev–Trinajstić information content (AvgIpc) is 2.97. The standard InChI is InChI=1S/C31H42N6O5/c1-3-5-7-10-28(40)36-30(32)22-14-18-24(19-15-22)34-26(38)11-9-12-27(39)35-25-20-16-23(17-21-25)31(33)37-42-29(41)13-8-6-4-2/h14-21H,3-13H2,1-2H3,(H2,33,37)(H,34,38)(H,35,39)(H2,32,36,40). The largest absolute Gasteiger partial charge is 0.383 e. The molecule has 0 heterocycles. The average molecular weight is 579 g/mol. The maximum atomic E-state index is 12.3. The second-order valence-electron chi connectivity index (χ2n) is 9.85. The molecule has 0 unspecified atom stereocenters. The second kappa shape index (κ2) is 18.7. The van der Waals surface area contributed by atoms with Crippen molar-refractivity contribution in [3.8, 4) is 0 Å². The summed E-state index contributed by atoms with van der Waals surface area (Å²) in [7, 11) is 0. The number of amidine groups is 2. The van der Waals surface area contributed by atoms with Crippen LogP contribution in [0, 0.1) is 0 Å². The maximum Gasteiger partial charge on any atom is 0.335 e. The van der Waals surface area contributed by atoms with Gasteiger partial charge in [0.2, 0.25) is 17.7 Å². The molecule has 2 rings (SSSR count). The van der Waals surface area contributed by atoms with Crippen LogP contribution in [0.15, 0.2) is 58.7 Å². The summed E-state index contributed by atoms with van der Waals surface area (Å²) in [6, 6.07) is 13.4. The molecule has 0 aliphatic heterocycles. The Morgan fingerprint density at radius 3 is 1.62 bits per heavy atom. The van der Waals surface area contributed by atoms with Crippen molar-refractivity contribution in [2.45, 2.75) is 84.5 Å². The Morgan fingerprint density at radius 2 is 1.12 bits per heavy atom. The predicted octanol–water partition coefficient (Wildman–Crippen LogP) is 4.99. The fourth-order valence-electron chi connectivity index (χ4n) is 3.80. The lowest BCUT2D eigenvalue weighted by molar-refractivity contribution is -0.143. The minimum absolute atomic E-state index is 0.0573. The highest BCUT2D eigenvalue weighted by Gasteiger charge is 2.09. The molecule has 11 heteroatoms. The van der Waals surface area contributed by atoms with Crippen molar-refractivity contribution in [3.63, 3.8) is 0 Å². The zero-order valence-electron chi connectivity index (χ0n) is 24.5. The first-order valence-electron chi connectivity index (χ1n) is 14.4. The Bertz CT molecular complexity index is 1240. The quantitative estimate of drug-likeness (QED) is 0.0671. The third kappa shape index (κ3) is 13.2. The number of oxime groups is 1. The molecule has 2 aromatic carbocycles. The van der Waals surface area contributed by atoms with E-state index in [0.29, 0.717) is 41.8 Å². The molecule has 6 N–H and O–H groups in total. The summed E-state index contributed by atoms with van der Waals surface area (Å²) in [6.07, 6.45) is 6.82. The summed E-state index contributed by atoms with van der Waals surface area (Å²) in [4.78, 5) is 57.0. The third-order valence-electron chi connectivity index (χ3n) is 6.21. The van der Waals surface area contributed by atoms with Crippen LogP contribution in [0.4, 0.5) is 11.4 Å². The number of rotatable bonds is 17. The molecule has 0 bridgehead atoms. The minimum atomic E-state index is -0.431. The van der Waals surface area contributed by atoms with Crippen molar-refractivity contribution in [1.82, 2.24) is 0 Å². The molecule has 0 spiro atoms. The van der Waals surface area contributed by atoms with Crippen molar-refractivity contribution >= 4 is 46.7 Å². The number of carbonyl (C=O) groups is 4. The number of hydrogen-bond donors (Lipinski definition) is 4. The van der Waals surface area contributed by atoms with E-state index < -0.39 is 5.97 Å². The van der Waals surface area contributed by atoms with Gasteiger partial charge < -0.3 is 26.9 Å². The van der Waals surface area contributed by atoms with Gasteiger partial charge in [-0.25, -0.2) is 4.79 Å².